The standard InChI is InChI=1S/C23H23F2N3O2/c1-14-11-15(16-7-3-4-8-19(16)29-22(24)25)12-17-20(14)27-21(26-17)18-13-23(30-28-18)9-5-2-6-10-23/h3-4,7-8,11-13,22,28H,2,5-6,9-10H2,1H3,(H,26,27). The molecule has 1 fully saturated rings. The van der Waals surface area contributed by atoms with Crippen LogP contribution in [-0.4, -0.2) is 22.2 Å². The quantitative estimate of drug-likeness (QED) is 0.577. The van der Waals surface area contributed by atoms with Gasteiger partial charge >= 0.3 is 6.61 Å². The van der Waals surface area contributed by atoms with Gasteiger partial charge in [0, 0.05) is 5.56 Å². The highest BCUT2D eigenvalue weighted by atomic mass is 19.3. The lowest BCUT2D eigenvalue weighted by Gasteiger charge is -2.29. The smallest absolute Gasteiger partial charge is 0.387 e. The van der Waals surface area contributed by atoms with Crippen LogP contribution in [0.3, 0.4) is 0 Å². The van der Waals surface area contributed by atoms with Crippen molar-refractivity contribution in [3.05, 3.63) is 53.9 Å². The number of halogens is 2. The molecule has 156 valence electrons. The van der Waals surface area contributed by atoms with Crippen molar-refractivity contribution in [3.63, 3.8) is 0 Å². The number of nitrogens with one attached hydrogen (secondary N) is 2. The Morgan fingerprint density at radius 3 is 2.73 bits per heavy atom. The molecule has 1 aliphatic carbocycles. The lowest BCUT2D eigenvalue weighted by atomic mass is 9.84. The maximum atomic E-state index is 12.8. The van der Waals surface area contributed by atoms with Crippen LogP contribution < -0.4 is 10.2 Å². The lowest BCUT2D eigenvalue weighted by Crippen LogP contribution is -2.31. The summed E-state index contributed by atoms with van der Waals surface area (Å²) in [6, 6.07) is 10.7. The Hall–Kier alpha value is -2.93. The molecule has 7 heteroatoms. The Kier molecular flexibility index (Phi) is 4.70. The second-order valence-corrected chi connectivity index (χ2v) is 8.04. The molecule has 2 aromatic carbocycles. The van der Waals surface area contributed by atoms with E-state index in [1.807, 2.05) is 19.1 Å². The van der Waals surface area contributed by atoms with E-state index < -0.39 is 6.61 Å². The van der Waals surface area contributed by atoms with Gasteiger partial charge in [-0.05, 0) is 55.2 Å². The number of hydroxylamine groups is 1. The Bertz CT molecular complexity index is 1120. The fourth-order valence-electron chi connectivity index (χ4n) is 4.47. The highest BCUT2D eigenvalue weighted by Crippen LogP contribution is 2.38. The van der Waals surface area contributed by atoms with Crippen molar-refractivity contribution in [1.82, 2.24) is 15.4 Å². The molecule has 3 aromatic rings. The van der Waals surface area contributed by atoms with E-state index in [0.29, 0.717) is 11.4 Å². The van der Waals surface area contributed by atoms with Gasteiger partial charge in [-0.2, -0.15) is 8.78 Å². The monoisotopic (exact) mass is 411 g/mol. The molecule has 30 heavy (non-hydrogen) atoms. The van der Waals surface area contributed by atoms with E-state index in [1.54, 1.807) is 24.3 Å². The van der Waals surface area contributed by atoms with Crippen LogP contribution in [0.25, 0.3) is 27.9 Å². The first-order chi connectivity index (χ1) is 14.5. The number of aromatic nitrogens is 2. The maximum Gasteiger partial charge on any atom is 0.387 e. The predicted octanol–water partition coefficient (Wildman–Crippen LogP) is 5.72. The normalized spacial score (nSPS) is 18.1. The first-order valence-corrected chi connectivity index (χ1v) is 10.2. The molecule has 0 bridgehead atoms. The number of alkyl halides is 2. The summed E-state index contributed by atoms with van der Waals surface area (Å²) in [5.41, 5.74) is 7.69. The molecule has 0 amide bonds. The number of aromatic amines is 1. The largest absolute Gasteiger partial charge is 0.434 e. The first-order valence-electron chi connectivity index (χ1n) is 10.2. The molecule has 2 N–H and O–H groups in total. The van der Waals surface area contributed by atoms with Crippen LogP contribution in [0.4, 0.5) is 8.78 Å². The zero-order valence-electron chi connectivity index (χ0n) is 16.7. The molecular weight excluding hydrogens is 388 g/mol. The van der Waals surface area contributed by atoms with Crippen molar-refractivity contribution in [3.8, 4) is 16.9 Å². The molecule has 1 saturated carbocycles. The number of fused-ring (bicyclic) bond motifs is 1. The Morgan fingerprint density at radius 1 is 1.13 bits per heavy atom. The van der Waals surface area contributed by atoms with Crippen LogP contribution in [0.5, 0.6) is 5.75 Å². The maximum absolute atomic E-state index is 12.8. The van der Waals surface area contributed by atoms with Crippen molar-refractivity contribution >= 4 is 16.7 Å². The summed E-state index contributed by atoms with van der Waals surface area (Å²) in [6.45, 7) is -0.912. The van der Waals surface area contributed by atoms with E-state index >= 15 is 0 Å². The third kappa shape index (κ3) is 3.43. The number of hydrogen-bond acceptors (Lipinski definition) is 4. The molecule has 0 unspecified atom stereocenters. The van der Waals surface area contributed by atoms with E-state index in [-0.39, 0.29) is 11.4 Å². The van der Waals surface area contributed by atoms with Gasteiger partial charge in [-0.15, -0.1) is 0 Å². The first kappa shape index (κ1) is 19.1. The highest BCUT2D eigenvalue weighted by Gasteiger charge is 2.37. The Balaban J connectivity index is 1.53. The van der Waals surface area contributed by atoms with Crippen LogP contribution in [0.1, 0.15) is 43.5 Å². The molecule has 0 atom stereocenters. The van der Waals surface area contributed by atoms with Gasteiger partial charge < -0.3 is 9.72 Å². The molecule has 1 aromatic heterocycles. The summed E-state index contributed by atoms with van der Waals surface area (Å²) in [7, 11) is 0. The van der Waals surface area contributed by atoms with Crippen molar-refractivity contribution in [2.75, 3.05) is 0 Å². The van der Waals surface area contributed by atoms with Gasteiger partial charge in [0.25, 0.3) is 0 Å². The number of rotatable bonds is 4. The molecule has 1 spiro atoms. The highest BCUT2D eigenvalue weighted by molar-refractivity contribution is 5.88. The third-order valence-corrected chi connectivity index (χ3v) is 5.92. The zero-order chi connectivity index (χ0) is 20.7. The lowest BCUT2D eigenvalue weighted by molar-refractivity contribution is -0.0558. The topological polar surface area (TPSA) is 59.2 Å². The number of benzene rings is 2. The van der Waals surface area contributed by atoms with E-state index in [4.69, 9.17) is 14.6 Å². The van der Waals surface area contributed by atoms with Gasteiger partial charge in [0.05, 0.1) is 11.0 Å². The predicted molar refractivity (Wildman–Crippen MR) is 111 cm³/mol. The van der Waals surface area contributed by atoms with Crippen molar-refractivity contribution in [2.45, 2.75) is 51.2 Å². The minimum Gasteiger partial charge on any atom is -0.434 e. The van der Waals surface area contributed by atoms with E-state index in [0.717, 1.165) is 53.5 Å². The SMILES string of the molecule is Cc1cc(-c2ccccc2OC(F)F)cc2[nH]c(C3=CC4(CCCCC4)ON3)nc12. The van der Waals surface area contributed by atoms with Crippen molar-refractivity contribution in [1.29, 1.82) is 0 Å². The van der Waals surface area contributed by atoms with Crippen LogP contribution >= 0.6 is 0 Å². The fraction of sp³-hybridized carbons (Fsp3) is 0.348. The van der Waals surface area contributed by atoms with Crippen LogP contribution in [-0.2, 0) is 4.84 Å². The van der Waals surface area contributed by atoms with E-state index in [9.17, 15) is 8.78 Å². The minimum absolute atomic E-state index is 0.152. The summed E-state index contributed by atoms with van der Waals surface area (Å²) in [6.07, 6.45) is 7.73. The number of aryl methyl sites for hydroxylation is 1. The fourth-order valence-corrected chi connectivity index (χ4v) is 4.47. The molecule has 0 radical (unpaired) electrons. The molecular formula is C23H23F2N3O2. The molecule has 5 rings (SSSR count). The Morgan fingerprint density at radius 2 is 1.93 bits per heavy atom. The van der Waals surface area contributed by atoms with Gasteiger partial charge in [-0.25, -0.2) is 4.98 Å². The van der Waals surface area contributed by atoms with Crippen LogP contribution in [0.15, 0.2) is 42.5 Å². The number of hydrogen-bond donors (Lipinski definition) is 2. The second-order valence-electron chi connectivity index (χ2n) is 8.04. The van der Waals surface area contributed by atoms with Crippen LogP contribution in [0, 0.1) is 6.92 Å². The number of para-hydroxylation sites is 1. The van der Waals surface area contributed by atoms with Gasteiger partial charge in [-0.3, -0.25) is 10.3 Å². The molecule has 1 aliphatic heterocycles. The summed E-state index contributed by atoms with van der Waals surface area (Å²) < 4.78 is 30.3. The number of H-pyrrole nitrogens is 1. The van der Waals surface area contributed by atoms with Gasteiger partial charge in [0.15, 0.2) is 5.82 Å². The summed E-state index contributed by atoms with van der Waals surface area (Å²) in [5, 5.41) is 0. The molecule has 5 nitrogen and oxygen atoms in total. The van der Waals surface area contributed by atoms with Gasteiger partial charge in [-0.1, -0.05) is 37.5 Å². The average Bonchev–Trinajstić information content (AvgIpc) is 3.33. The third-order valence-electron chi connectivity index (χ3n) is 5.92. The number of ether oxygens (including phenoxy) is 1. The molecule has 2 heterocycles. The zero-order valence-corrected chi connectivity index (χ0v) is 16.7. The van der Waals surface area contributed by atoms with E-state index in [1.165, 1.54) is 6.42 Å². The van der Waals surface area contributed by atoms with Gasteiger partial charge in [0.2, 0.25) is 0 Å². The Labute approximate surface area is 173 Å². The van der Waals surface area contributed by atoms with Crippen molar-refractivity contribution in [2.24, 2.45) is 0 Å². The number of imidazole rings is 1. The average molecular weight is 411 g/mol. The number of nitrogens with zero attached hydrogens (tertiary/aromatic N) is 1. The molecule has 2 aliphatic rings. The second kappa shape index (κ2) is 7.40. The van der Waals surface area contributed by atoms with E-state index in [2.05, 4.69) is 16.5 Å². The summed E-state index contributed by atoms with van der Waals surface area (Å²) in [4.78, 5) is 14.1. The molecule has 0 saturated heterocycles. The minimum atomic E-state index is -2.87. The van der Waals surface area contributed by atoms with Gasteiger partial charge in [0.1, 0.15) is 17.0 Å². The van der Waals surface area contributed by atoms with Crippen molar-refractivity contribution < 1.29 is 18.4 Å². The summed E-state index contributed by atoms with van der Waals surface area (Å²) in [5.74, 6) is 0.864. The summed E-state index contributed by atoms with van der Waals surface area (Å²) >= 11 is 0. The van der Waals surface area contributed by atoms with Crippen LogP contribution in [0.2, 0.25) is 0 Å².